The molecule has 2 rings (SSSR count). The van der Waals surface area contributed by atoms with Gasteiger partial charge in [-0.15, -0.1) is 0 Å². The van der Waals surface area contributed by atoms with Gasteiger partial charge in [-0.2, -0.15) is 0 Å². The van der Waals surface area contributed by atoms with Crippen molar-refractivity contribution in [3.63, 3.8) is 0 Å². The number of benzene rings is 1. The van der Waals surface area contributed by atoms with E-state index in [0.29, 0.717) is 6.04 Å². The number of anilines is 1. The van der Waals surface area contributed by atoms with Crippen molar-refractivity contribution in [2.75, 3.05) is 24.5 Å². The van der Waals surface area contributed by atoms with Gasteiger partial charge in [0.2, 0.25) is 0 Å². The van der Waals surface area contributed by atoms with E-state index in [0.717, 1.165) is 28.6 Å². The van der Waals surface area contributed by atoms with Crippen molar-refractivity contribution in [1.82, 2.24) is 5.32 Å². The molecule has 1 aliphatic rings. The molecule has 1 aromatic rings. The molecule has 0 saturated carbocycles. The molecule has 0 bridgehead atoms. The molecule has 0 spiro atoms. The van der Waals surface area contributed by atoms with E-state index in [-0.39, 0.29) is 5.41 Å². The fourth-order valence-corrected chi connectivity index (χ4v) is 3.76. The second-order valence-corrected chi connectivity index (χ2v) is 8.04. The number of halogens is 2. The minimum Gasteiger partial charge on any atom is -0.369 e. The Kier molecular flexibility index (Phi) is 4.96. The molecule has 1 aromatic carbocycles. The average molecular weight is 390 g/mol. The van der Waals surface area contributed by atoms with Gasteiger partial charge >= 0.3 is 0 Å². The van der Waals surface area contributed by atoms with Crippen LogP contribution >= 0.6 is 31.9 Å². The summed E-state index contributed by atoms with van der Waals surface area (Å²) < 4.78 is 2.28. The van der Waals surface area contributed by atoms with Crippen LogP contribution in [0.3, 0.4) is 0 Å². The van der Waals surface area contributed by atoms with E-state index in [9.17, 15) is 0 Å². The van der Waals surface area contributed by atoms with Gasteiger partial charge in [0.1, 0.15) is 0 Å². The predicted octanol–water partition coefficient (Wildman–Crippen LogP) is 4.43. The van der Waals surface area contributed by atoms with Gasteiger partial charge in [-0.1, -0.05) is 36.7 Å². The Morgan fingerprint density at radius 2 is 2.00 bits per heavy atom. The molecule has 0 amide bonds. The molecule has 1 saturated heterocycles. The van der Waals surface area contributed by atoms with E-state index in [1.807, 2.05) is 0 Å². The van der Waals surface area contributed by atoms with E-state index in [1.165, 1.54) is 12.1 Å². The van der Waals surface area contributed by atoms with Crippen LogP contribution in [-0.2, 0) is 0 Å². The topological polar surface area (TPSA) is 15.3 Å². The van der Waals surface area contributed by atoms with Gasteiger partial charge in [-0.05, 0) is 52.5 Å². The lowest BCUT2D eigenvalue weighted by Gasteiger charge is -2.35. The van der Waals surface area contributed by atoms with Crippen LogP contribution < -0.4 is 10.2 Å². The van der Waals surface area contributed by atoms with Crippen LogP contribution in [0.4, 0.5) is 5.69 Å². The zero-order chi connectivity index (χ0) is 14.0. The molecule has 0 radical (unpaired) electrons. The Balaban J connectivity index is 2.22. The third-order valence-electron chi connectivity index (χ3n) is 3.69. The van der Waals surface area contributed by atoms with Crippen LogP contribution in [0.1, 0.15) is 27.2 Å². The molecular weight excluding hydrogens is 368 g/mol. The summed E-state index contributed by atoms with van der Waals surface area (Å²) in [4.78, 5) is 2.49. The Morgan fingerprint density at radius 3 is 2.63 bits per heavy atom. The largest absolute Gasteiger partial charge is 0.369 e. The summed E-state index contributed by atoms with van der Waals surface area (Å²) >= 11 is 7.20. The van der Waals surface area contributed by atoms with Gasteiger partial charge in [0.25, 0.3) is 0 Å². The molecule has 1 fully saturated rings. The molecule has 0 aromatic heterocycles. The summed E-state index contributed by atoms with van der Waals surface area (Å²) in [5.41, 5.74) is 1.57. The summed E-state index contributed by atoms with van der Waals surface area (Å²) in [7, 11) is 0. The highest BCUT2D eigenvalue weighted by atomic mass is 79.9. The van der Waals surface area contributed by atoms with Crippen molar-refractivity contribution in [2.24, 2.45) is 5.41 Å². The molecule has 2 nitrogen and oxygen atoms in total. The first kappa shape index (κ1) is 15.3. The van der Waals surface area contributed by atoms with Gasteiger partial charge in [0.05, 0.1) is 5.69 Å². The maximum Gasteiger partial charge on any atom is 0.0511 e. The zero-order valence-corrected chi connectivity index (χ0v) is 15.0. The van der Waals surface area contributed by atoms with E-state index in [2.05, 4.69) is 81.0 Å². The van der Waals surface area contributed by atoms with Crippen molar-refractivity contribution >= 4 is 37.5 Å². The highest BCUT2D eigenvalue weighted by Gasteiger charge is 2.28. The van der Waals surface area contributed by atoms with Crippen molar-refractivity contribution in [2.45, 2.75) is 33.2 Å². The molecule has 1 heterocycles. The van der Waals surface area contributed by atoms with Crippen LogP contribution in [0, 0.1) is 5.41 Å². The monoisotopic (exact) mass is 388 g/mol. The Labute approximate surface area is 133 Å². The molecular formula is C15H22Br2N2. The second-order valence-electron chi connectivity index (χ2n) is 6.27. The Morgan fingerprint density at radius 1 is 1.26 bits per heavy atom. The van der Waals surface area contributed by atoms with Crippen LogP contribution in [-0.4, -0.2) is 25.7 Å². The summed E-state index contributed by atoms with van der Waals surface area (Å²) in [5, 5.41) is 3.69. The van der Waals surface area contributed by atoms with Crippen molar-refractivity contribution in [3.05, 3.63) is 27.1 Å². The van der Waals surface area contributed by atoms with Gasteiger partial charge in [0, 0.05) is 28.1 Å². The fraction of sp³-hybridized carbons (Fsp3) is 0.600. The van der Waals surface area contributed by atoms with E-state index in [1.54, 1.807) is 0 Å². The van der Waals surface area contributed by atoms with Crippen molar-refractivity contribution < 1.29 is 0 Å². The van der Waals surface area contributed by atoms with Crippen LogP contribution in [0.2, 0.25) is 0 Å². The summed E-state index contributed by atoms with van der Waals surface area (Å²) in [6, 6.07) is 6.95. The van der Waals surface area contributed by atoms with Crippen molar-refractivity contribution in [1.29, 1.82) is 0 Å². The average Bonchev–Trinajstić information content (AvgIpc) is 2.54. The zero-order valence-electron chi connectivity index (χ0n) is 11.8. The lowest BCUT2D eigenvalue weighted by molar-refractivity contribution is 0.280. The fourth-order valence-electron chi connectivity index (χ4n) is 2.46. The molecule has 4 heteroatoms. The summed E-state index contributed by atoms with van der Waals surface area (Å²) in [5.74, 6) is 0. The second kappa shape index (κ2) is 6.15. The number of hydrogen-bond donors (Lipinski definition) is 1. The Bertz CT molecular complexity index is 440. The lowest BCUT2D eigenvalue weighted by atomic mass is 9.86. The normalized spacial score (nSPS) is 21.3. The number of hydrogen-bond acceptors (Lipinski definition) is 2. The van der Waals surface area contributed by atoms with Gasteiger partial charge in [-0.25, -0.2) is 0 Å². The maximum atomic E-state index is 3.69. The molecule has 1 N–H and O–H groups in total. The lowest BCUT2D eigenvalue weighted by Crippen LogP contribution is -2.46. The molecule has 106 valence electrons. The number of nitrogens with zero attached hydrogens (tertiary/aromatic N) is 1. The molecule has 1 aliphatic heterocycles. The van der Waals surface area contributed by atoms with Crippen molar-refractivity contribution in [3.8, 4) is 0 Å². The first-order valence-corrected chi connectivity index (χ1v) is 8.40. The summed E-state index contributed by atoms with van der Waals surface area (Å²) in [6.45, 7) is 10.2. The number of rotatable bonds is 1. The van der Waals surface area contributed by atoms with Crippen LogP contribution in [0.5, 0.6) is 0 Å². The molecule has 1 unspecified atom stereocenters. The van der Waals surface area contributed by atoms with Crippen LogP contribution in [0.25, 0.3) is 0 Å². The minimum atomic E-state index is 0.282. The third-order valence-corrected chi connectivity index (χ3v) is 4.82. The van der Waals surface area contributed by atoms with E-state index in [4.69, 9.17) is 0 Å². The van der Waals surface area contributed by atoms with E-state index >= 15 is 0 Å². The van der Waals surface area contributed by atoms with Gasteiger partial charge < -0.3 is 10.2 Å². The van der Waals surface area contributed by atoms with E-state index < -0.39 is 0 Å². The molecule has 1 atom stereocenters. The van der Waals surface area contributed by atoms with Crippen LogP contribution in [0.15, 0.2) is 27.1 Å². The molecule has 19 heavy (non-hydrogen) atoms. The third kappa shape index (κ3) is 3.96. The SMILES string of the molecule is CC(C)(C)C1CN(c2ccc(Br)cc2Br)CCCN1. The quantitative estimate of drug-likeness (QED) is 0.764. The van der Waals surface area contributed by atoms with Gasteiger partial charge in [0.15, 0.2) is 0 Å². The first-order valence-electron chi connectivity index (χ1n) is 6.81. The minimum absolute atomic E-state index is 0.282. The predicted molar refractivity (Wildman–Crippen MR) is 89.9 cm³/mol. The summed E-state index contributed by atoms with van der Waals surface area (Å²) in [6.07, 6.45) is 1.19. The Hall–Kier alpha value is -0.0600. The standard InChI is InChI=1S/C15H22Br2N2/c1-15(2,3)14-10-19(8-4-7-18-14)13-6-5-11(16)9-12(13)17/h5-6,9,14,18H,4,7-8,10H2,1-3H3. The number of nitrogens with one attached hydrogen (secondary N) is 1. The molecule has 0 aliphatic carbocycles. The first-order chi connectivity index (χ1) is 8.88. The maximum absolute atomic E-state index is 3.69. The van der Waals surface area contributed by atoms with Gasteiger partial charge in [-0.3, -0.25) is 0 Å². The highest BCUT2D eigenvalue weighted by Crippen LogP contribution is 2.31. The highest BCUT2D eigenvalue weighted by molar-refractivity contribution is 9.11. The smallest absolute Gasteiger partial charge is 0.0511 e.